The van der Waals surface area contributed by atoms with Crippen LogP contribution in [0.1, 0.15) is 39.0 Å². The molecule has 0 amide bonds. The highest BCUT2D eigenvalue weighted by molar-refractivity contribution is 5.08. The number of hydrogen-bond acceptors (Lipinski definition) is 2. The van der Waals surface area contributed by atoms with E-state index < -0.39 is 11.9 Å². The Kier molecular flexibility index (Phi) is 6.54. The van der Waals surface area contributed by atoms with E-state index in [1.165, 1.54) is 11.0 Å². The number of allylic oxidation sites excluding steroid dienone is 2. The molecule has 0 aromatic rings. The zero-order valence-electron chi connectivity index (χ0n) is 10.9. The molecule has 0 saturated carbocycles. The van der Waals surface area contributed by atoms with E-state index in [-0.39, 0.29) is 0 Å². The fourth-order valence-electron chi connectivity index (χ4n) is 2.04. The maximum Gasteiger partial charge on any atom is 0.430 e. The van der Waals surface area contributed by atoms with Gasteiger partial charge in [0.05, 0.1) is 13.2 Å². The lowest BCUT2D eigenvalue weighted by Gasteiger charge is -2.32. The van der Waals surface area contributed by atoms with Crippen LogP contribution in [0.15, 0.2) is 11.8 Å². The van der Waals surface area contributed by atoms with E-state index in [4.69, 9.17) is 4.74 Å². The van der Waals surface area contributed by atoms with E-state index in [9.17, 15) is 13.2 Å². The Balaban J connectivity index is 2.51. The molecule has 0 N–H and O–H groups in total. The molecule has 0 spiro atoms. The molecule has 18 heavy (non-hydrogen) atoms. The maximum atomic E-state index is 12.9. The average Bonchev–Trinajstić information content (AvgIpc) is 2.33. The number of unbranched alkanes of at least 4 members (excludes halogenated alkanes) is 4. The molecule has 1 heterocycles. The van der Waals surface area contributed by atoms with E-state index in [0.717, 1.165) is 25.7 Å². The number of nitrogens with zero attached hydrogens (tertiary/aromatic N) is 1. The van der Waals surface area contributed by atoms with Gasteiger partial charge in [0.25, 0.3) is 0 Å². The second-order valence-corrected chi connectivity index (χ2v) is 4.54. The van der Waals surface area contributed by atoms with Gasteiger partial charge in [-0.15, -0.1) is 0 Å². The largest absolute Gasteiger partial charge is 0.430 e. The topological polar surface area (TPSA) is 12.5 Å². The van der Waals surface area contributed by atoms with Gasteiger partial charge in [-0.1, -0.05) is 32.3 Å². The van der Waals surface area contributed by atoms with Crippen molar-refractivity contribution in [2.24, 2.45) is 0 Å². The number of alkyl halides is 3. The van der Waals surface area contributed by atoms with Crippen LogP contribution < -0.4 is 0 Å². The van der Waals surface area contributed by atoms with Crippen LogP contribution in [-0.4, -0.2) is 37.4 Å². The molecule has 0 unspecified atom stereocenters. The summed E-state index contributed by atoms with van der Waals surface area (Å²) in [7, 11) is 0. The Hall–Kier alpha value is -0.710. The summed E-state index contributed by atoms with van der Waals surface area (Å²) >= 11 is 0. The zero-order chi connectivity index (χ0) is 13.4. The molecular weight excluding hydrogens is 243 g/mol. The molecular formula is C13H22F3NO. The number of ether oxygens (including phenoxy) is 1. The minimum absolute atomic E-state index is 0.334. The van der Waals surface area contributed by atoms with E-state index in [2.05, 4.69) is 6.92 Å². The van der Waals surface area contributed by atoms with Crippen molar-refractivity contribution in [3.05, 3.63) is 11.8 Å². The summed E-state index contributed by atoms with van der Waals surface area (Å²) in [6, 6.07) is 0. The smallest absolute Gasteiger partial charge is 0.378 e. The molecule has 0 radical (unpaired) electrons. The molecule has 0 aliphatic carbocycles. The first-order chi connectivity index (χ1) is 8.55. The quantitative estimate of drug-likeness (QED) is 0.678. The Bertz CT molecular complexity index is 257. The first-order valence-corrected chi connectivity index (χ1v) is 6.65. The monoisotopic (exact) mass is 265 g/mol. The van der Waals surface area contributed by atoms with Crippen LogP contribution in [0.3, 0.4) is 0 Å². The number of morpholine rings is 1. The maximum absolute atomic E-state index is 12.9. The Morgan fingerprint density at radius 1 is 1.17 bits per heavy atom. The summed E-state index contributed by atoms with van der Waals surface area (Å²) in [5, 5.41) is 0. The first kappa shape index (κ1) is 15.3. The molecule has 0 aromatic carbocycles. The Labute approximate surface area is 107 Å². The predicted octanol–water partition coefficient (Wildman–Crippen LogP) is 3.74. The average molecular weight is 265 g/mol. The SMILES string of the molecule is CCCCCC/C=C(\N1CCOCC1)C(F)(F)F. The summed E-state index contributed by atoms with van der Waals surface area (Å²) < 4.78 is 43.9. The van der Waals surface area contributed by atoms with Crippen LogP contribution in [-0.2, 0) is 4.74 Å². The van der Waals surface area contributed by atoms with Gasteiger partial charge in [0.2, 0.25) is 0 Å². The Morgan fingerprint density at radius 3 is 2.39 bits per heavy atom. The fourth-order valence-corrected chi connectivity index (χ4v) is 2.04. The van der Waals surface area contributed by atoms with Crippen molar-refractivity contribution in [3.8, 4) is 0 Å². The van der Waals surface area contributed by atoms with Crippen molar-refractivity contribution >= 4 is 0 Å². The molecule has 1 rings (SSSR count). The molecule has 0 bridgehead atoms. The summed E-state index contributed by atoms with van der Waals surface area (Å²) in [4.78, 5) is 1.39. The standard InChI is InChI=1S/C13H22F3NO/c1-2-3-4-5-6-7-12(13(14,15)16)17-8-10-18-11-9-17/h7H,2-6,8-11H2,1H3/b12-7-. The van der Waals surface area contributed by atoms with Crippen LogP contribution >= 0.6 is 0 Å². The molecule has 0 atom stereocenters. The molecule has 0 aromatic heterocycles. The molecule has 5 heteroatoms. The van der Waals surface area contributed by atoms with Gasteiger partial charge < -0.3 is 9.64 Å². The summed E-state index contributed by atoms with van der Waals surface area (Å²) in [6.07, 6.45) is 1.63. The summed E-state index contributed by atoms with van der Waals surface area (Å²) in [5.74, 6) is 0. The first-order valence-electron chi connectivity index (χ1n) is 6.65. The van der Waals surface area contributed by atoms with Crippen molar-refractivity contribution in [2.75, 3.05) is 26.3 Å². The Morgan fingerprint density at radius 2 is 1.83 bits per heavy atom. The molecule has 1 saturated heterocycles. The third-order valence-electron chi connectivity index (χ3n) is 3.04. The van der Waals surface area contributed by atoms with Crippen LogP contribution in [0.5, 0.6) is 0 Å². The second kappa shape index (κ2) is 7.67. The van der Waals surface area contributed by atoms with Gasteiger partial charge in [0, 0.05) is 13.1 Å². The predicted molar refractivity (Wildman–Crippen MR) is 65.3 cm³/mol. The van der Waals surface area contributed by atoms with Gasteiger partial charge in [-0.2, -0.15) is 13.2 Å². The van der Waals surface area contributed by atoms with Crippen molar-refractivity contribution in [3.63, 3.8) is 0 Å². The van der Waals surface area contributed by atoms with Gasteiger partial charge in [-0.05, 0) is 12.8 Å². The van der Waals surface area contributed by atoms with Gasteiger partial charge >= 0.3 is 6.18 Å². The van der Waals surface area contributed by atoms with E-state index >= 15 is 0 Å². The second-order valence-electron chi connectivity index (χ2n) is 4.54. The highest BCUT2D eigenvalue weighted by atomic mass is 19.4. The van der Waals surface area contributed by atoms with Crippen LogP contribution in [0.25, 0.3) is 0 Å². The van der Waals surface area contributed by atoms with E-state index in [0.29, 0.717) is 32.7 Å². The fraction of sp³-hybridized carbons (Fsp3) is 0.846. The van der Waals surface area contributed by atoms with Gasteiger partial charge in [-0.3, -0.25) is 0 Å². The van der Waals surface area contributed by atoms with Crippen LogP contribution in [0.4, 0.5) is 13.2 Å². The number of halogens is 3. The van der Waals surface area contributed by atoms with Crippen molar-refractivity contribution in [2.45, 2.75) is 45.2 Å². The van der Waals surface area contributed by atoms with Crippen LogP contribution in [0.2, 0.25) is 0 Å². The minimum Gasteiger partial charge on any atom is -0.378 e. The minimum atomic E-state index is -4.25. The summed E-state index contributed by atoms with van der Waals surface area (Å²) in [5.41, 5.74) is -0.484. The van der Waals surface area contributed by atoms with Gasteiger partial charge in [0.1, 0.15) is 5.70 Å². The highest BCUT2D eigenvalue weighted by Gasteiger charge is 2.37. The van der Waals surface area contributed by atoms with E-state index in [1.807, 2.05) is 0 Å². The van der Waals surface area contributed by atoms with Gasteiger partial charge in [0.15, 0.2) is 0 Å². The van der Waals surface area contributed by atoms with Crippen molar-refractivity contribution < 1.29 is 17.9 Å². The molecule has 106 valence electrons. The third-order valence-corrected chi connectivity index (χ3v) is 3.04. The molecule has 2 nitrogen and oxygen atoms in total. The normalized spacial score (nSPS) is 18.2. The third kappa shape index (κ3) is 5.29. The van der Waals surface area contributed by atoms with E-state index in [1.54, 1.807) is 0 Å². The molecule has 1 aliphatic rings. The molecule has 1 aliphatic heterocycles. The number of hydrogen-bond donors (Lipinski definition) is 0. The number of rotatable bonds is 6. The lowest BCUT2D eigenvalue weighted by Crippen LogP contribution is -2.40. The van der Waals surface area contributed by atoms with Gasteiger partial charge in [-0.25, -0.2) is 0 Å². The van der Waals surface area contributed by atoms with Crippen LogP contribution in [0, 0.1) is 0 Å². The highest BCUT2D eigenvalue weighted by Crippen LogP contribution is 2.29. The lowest BCUT2D eigenvalue weighted by atomic mass is 10.1. The molecule has 1 fully saturated rings. The zero-order valence-corrected chi connectivity index (χ0v) is 10.9. The lowest BCUT2D eigenvalue weighted by molar-refractivity contribution is -0.118. The van der Waals surface area contributed by atoms with Crippen molar-refractivity contribution in [1.82, 2.24) is 4.90 Å². The van der Waals surface area contributed by atoms with Crippen molar-refractivity contribution in [1.29, 1.82) is 0 Å². The summed E-state index contributed by atoms with van der Waals surface area (Å²) in [6.45, 7) is 3.51.